The van der Waals surface area contributed by atoms with E-state index in [4.69, 9.17) is 0 Å². The molecule has 2 aromatic carbocycles. The maximum absolute atomic E-state index is 14.2. The van der Waals surface area contributed by atoms with Gasteiger partial charge in [0, 0.05) is 5.56 Å². The number of aliphatic hydroxyl groups excluding tert-OH is 1. The molecule has 2 aromatic rings. The number of fused-ring (bicyclic) bond motifs is 2. The molecular weight excluding hydrogens is 526 g/mol. The maximum Gasteiger partial charge on any atom is 0.229 e. The molecule has 1 heterocycles. The van der Waals surface area contributed by atoms with Gasteiger partial charge in [-0.25, -0.2) is 8.42 Å². The highest BCUT2D eigenvalue weighted by Crippen LogP contribution is 2.57. The van der Waals surface area contributed by atoms with Gasteiger partial charge in [0.15, 0.2) is 11.6 Å². The molecule has 5 rings (SSSR count). The number of amidine groups is 1. The third-order valence-corrected chi connectivity index (χ3v) is 9.78. The summed E-state index contributed by atoms with van der Waals surface area (Å²) in [7, 11) is -7.40. The van der Waals surface area contributed by atoms with Gasteiger partial charge in [-0.05, 0) is 49.4 Å². The minimum atomic E-state index is -3.82. The van der Waals surface area contributed by atoms with Crippen LogP contribution >= 0.6 is 10.8 Å². The van der Waals surface area contributed by atoms with Crippen LogP contribution in [0.4, 0.5) is 11.4 Å². The number of nitrogens with zero attached hydrogens (tertiary/aromatic N) is 1. The number of carbonyl (C=O) groups is 1. The normalized spacial score (nSPS) is 24.1. The summed E-state index contributed by atoms with van der Waals surface area (Å²) in [5.74, 6) is -0.157. The summed E-state index contributed by atoms with van der Waals surface area (Å²) in [6, 6.07) is 11.5. The monoisotopic (exact) mass is 559 g/mol. The second kappa shape index (κ2) is 9.71. The molecule has 5 N–H and O–H groups in total. The van der Waals surface area contributed by atoms with Crippen LogP contribution in [0.5, 0.6) is 0 Å². The van der Waals surface area contributed by atoms with Crippen LogP contribution < -0.4 is 10.0 Å². The molecule has 0 radical (unpaired) electrons. The third kappa shape index (κ3) is 4.95. The first kappa shape index (κ1) is 26.7. The quantitative estimate of drug-likeness (QED) is 0.288. The smallest absolute Gasteiger partial charge is 0.229 e. The van der Waals surface area contributed by atoms with Crippen LogP contribution in [0.3, 0.4) is 0 Å². The van der Waals surface area contributed by atoms with E-state index in [0.717, 1.165) is 31.1 Å². The van der Waals surface area contributed by atoms with Crippen LogP contribution in [0.1, 0.15) is 63.0 Å². The van der Waals surface area contributed by atoms with Gasteiger partial charge in [0.05, 0.1) is 23.0 Å². The van der Waals surface area contributed by atoms with E-state index in [9.17, 15) is 27.4 Å². The summed E-state index contributed by atoms with van der Waals surface area (Å²) in [6.07, 6.45) is 8.45. The van der Waals surface area contributed by atoms with Crippen LogP contribution in [0, 0.1) is 5.92 Å². The molecular formula is C27H33N3O6S2. The van der Waals surface area contributed by atoms with Crippen LogP contribution in [-0.2, 0) is 20.2 Å². The van der Waals surface area contributed by atoms with Crippen molar-refractivity contribution < 1.29 is 27.4 Å². The second-order valence-electron chi connectivity index (χ2n) is 10.6. The summed E-state index contributed by atoms with van der Waals surface area (Å²) < 4.78 is 51.5. The van der Waals surface area contributed by atoms with Gasteiger partial charge in [0.1, 0.15) is 16.2 Å². The molecule has 1 atom stereocenters. The lowest BCUT2D eigenvalue weighted by Gasteiger charge is -2.39. The highest BCUT2D eigenvalue weighted by Gasteiger charge is 2.46. The zero-order chi connectivity index (χ0) is 27.3. The number of hydrogen-bond acceptors (Lipinski definition) is 8. The van der Waals surface area contributed by atoms with Crippen LogP contribution in [-0.4, -0.2) is 40.5 Å². The molecule has 38 heavy (non-hydrogen) atoms. The Kier molecular flexibility index (Phi) is 6.83. The Hall–Kier alpha value is -2.86. The molecule has 1 saturated carbocycles. The van der Waals surface area contributed by atoms with Crippen molar-refractivity contribution in [3.8, 4) is 0 Å². The van der Waals surface area contributed by atoms with E-state index >= 15 is 0 Å². The Morgan fingerprint density at radius 2 is 1.84 bits per heavy atom. The van der Waals surface area contributed by atoms with E-state index in [1.54, 1.807) is 12.1 Å². The summed E-state index contributed by atoms with van der Waals surface area (Å²) in [5, 5.41) is 14.3. The molecule has 0 spiro atoms. The van der Waals surface area contributed by atoms with Crippen molar-refractivity contribution in [2.45, 2.75) is 62.2 Å². The van der Waals surface area contributed by atoms with E-state index in [1.807, 2.05) is 19.1 Å². The van der Waals surface area contributed by atoms with Crippen molar-refractivity contribution in [1.29, 1.82) is 0 Å². The fourth-order valence-corrected chi connectivity index (χ4v) is 7.56. The fourth-order valence-electron chi connectivity index (χ4n) is 5.81. The molecule has 9 nitrogen and oxygen atoms in total. The first-order chi connectivity index (χ1) is 17.9. The lowest BCUT2D eigenvalue weighted by atomic mass is 9.66. The van der Waals surface area contributed by atoms with E-state index in [-0.39, 0.29) is 39.2 Å². The predicted octanol–water partition coefficient (Wildman–Crippen LogP) is 6.08. The number of aliphatic hydroxyl groups is 1. The highest BCUT2D eigenvalue weighted by atomic mass is 32.3. The average Bonchev–Trinajstić information content (AvgIpc) is 2.86. The summed E-state index contributed by atoms with van der Waals surface area (Å²) >= 11 is 0. The number of sulfonamides is 1. The minimum absolute atomic E-state index is 0.0151. The molecule has 0 bridgehead atoms. The van der Waals surface area contributed by atoms with Crippen molar-refractivity contribution >= 4 is 49.6 Å². The van der Waals surface area contributed by atoms with Gasteiger partial charge in [0.25, 0.3) is 0 Å². The zero-order valence-corrected chi connectivity index (χ0v) is 23.0. The molecule has 204 valence electrons. The number of ketones is 1. The number of rotatable bonds is 6. The number of Topliss-reactive ketones (excluding diaryl/α,β-unsaturated/α-hetero) is 1. The Morgan fingerprint density at radius 1 is 1.13 bits per heavy atom. The number of nitrogens with one attached hydrogen (secondary N) is 2. The van der Waals surface area contributed by atoms with Gasteiger partial charge in [-0.2, -0.15) is 0 Å². The molecule has 0 amide bonds. The standard InChI is InChI=1S/C27H33N3O6S2/c1-27(15-14-17-8-4-3-5-9-17)20-11-7-6-10-19(20)24(31)23(25(27)32)26-28-21-13-12-18(29-37(2,33)34)16-22(21)38(35,36)30-26/h6-7,10-13,16-17,29,31,35-36H,3-5,8-9,14-15H2,1-2H3,(H,28,30). The third-order valence-electron chi connectivity index (χ3n) is 7.81. The molecule has 3 aliphatic rings. The second-order valence-corrected chi connectivity index (χ2v) is 14.1. The SMILES string of the molecule is CC1(CCC2CCCCC2)C(=O)C(C2=NS(O)(O)c3cc(NS(C)(=O)=O)ccc3N2)=C(O)c2ccccc21. The Bertz CT molecular complexity index is 1460. The van der Waals surface area contributed by atoms with Crippen molar-refractivity contribution in [2.75, 3.05) is 16.3 Å². The number of carbonyl (C=O) groups excluding carboxylic acids is 1. The van der Waals surface area contributed by atoms with Crippen molar-refractivity contribution in [1.82, 2.24) is 0 Å². The molecule has 0 saturated heterocycles. The highest BCUT2D eigenvalue weighted by molar-refractivity contribution is 8.23. The van der Waals surface area contributed by atoms with Gasteiger partial charge in [-0.1, -0.05) is 67.1 Å². The number of anilines is 2. The maximum atomic E-state index is 14.2. The fraction of sp³-hybridized carbons (Fsp3) is 0.407. The Balaban J connectivity index is 1.54. The largest absolute Gasteiger partial charge is 0.506 e. The molecule has 1 unspecified atom stereocenters. The minimum Gasteiger partial charge on any atom is -0.506 e. The predicted molar refractivity (Wildman–Crippen MR) is 151 cm³/mol. The summed E-state index contributed by atoms with van der Waals surface area (Å²) in [4.78, 5) is 14.1. The van der Waals surface area contributed by atoms with Gasteiger partial charge in [-0.3, -0.25) is 18.6 Å². The van der Waals surface area contributed by atoms with Gasteiger partial charge in [-0.15, -0.1) is 4.40 Å². The van der Waals surface area contributed by atoms with E-state index in [0.29, 0.717) is 17.9 Å². The van der Waals surface area contributed by atoms with Crippen LogP contribution in [0.15, 0.2) is 57.3 Å². The van der Waals surface area contributed by atoms with E-state index in [1.165, 1.54) is 37.5 Å². The Morgan fingerprint density at radius 3 is 2.55 bits per heavy atom. The topological polar surface area (TPSA) is 148 Å². The molecule has 1 aliphatic heterocycles. The van der Waals surface area contributed by atoms with Gasteiger partial charge in [0.2, 0.25) is 10.0 Å². The molecule has 0 aromatic heterocycles. The van der Waals surface area contributed by atoms with E-state index in [2.05, 4.69) is 14.4 Å². The lowest BCUT2D eigenvalue weighted by molar-refractivity contribution is -0.120. The first-order valence-corrected chi connectivity index (χ1v) is 16.1. The van der Waals surface area contributed by atoms with E-state index < -0.39 is 26.2 Å². The average molecular weight is 560 g/mol. The number of hydrogen-bond donors (Lipinski definition) is 5. The van der Waals surface area contributed by atoms with Crippen LogP contribution in [0.25, 0.3) is 5.76 Å². The zero-order valence-electron chi connectivity index (χ0n) is 21.4. The molecule has 11 heteroatoms. The lowest BCUT2D eigenvalue weighted by Crippen LogP contribution is -2.42. The molecule has 2 aliphatic carbocycles. The van der Waals surface area contributed by atoms with Gasteiger partial charge < -0.3 is 10.4 Å². The van der Waals surface area contributed by atoms with Crippen molar-refractivity contribution in [3.63, 3.8) is 0 Å². The van der Waals surface area contributed by atoms with Crippen molar-refractivity contribution in [2.24, 2.45) is 10.3 Å². The Labute approximate surface area is 224 Å². The molecule has 1 fully saturated rings. The summed E-state index contributed by atoms with van der Waals surface area (Å²) in [5.41, 5.74) is 0.664. The van der Waals surface area contributed by atoms with Crippen LogP contribution in [0.2, 0.25) is 0 Å². The van der Waals surface area contributed by atoms with Crippen molar-refractivity contribution in [3.05, 3.63) is 59.2 Å². The summed E-state index contributed by atoms with van der Waals surface area (Å²) in [6.45, 7) is 1.89. The van der Waals surface area contributed by atoms with Gasteiger partial charge >= 0.3 is 0 Å². The first-order valence-electron chi connectivity index (χ1n) is 12.7. The number of benzene rings is 2.